The van der Waals surface area contributed by atoms with Gasteiger partial charge >= 0.3 is 0 Å². The van der Waals surface area contributed by atoms with Gasteiger partial charge in [-0.15, -0.1) is 35.3 Å². The summed E-state index contributed by atoms with van der Waals surface area (Å²) in [7, 11) is 1.67. The highest BCUT2D eigenvalue weighted by atomic mass is 127. The molecule has 0 aliphatic carbocycles. The predicted molar refractivity (Wildman–Crippen MR) is 132 cm³/mol. The molecular weight excluding hydrogens is 499 g/mol. The molecule has 29 heavy (non-hydrogen) atoms. The fraction of sp³-hybridized carbons (Fsp3) is 0.429. The van der Waals surface area contributed by atoms with Crippen molar-refractivity contribution in [2.45, 2.75) is 39.8 Å². The highest BCUT2D eigenvalue weighted by molar-refractivity contribution is 14.0. The first-order valence-corrected chi connectivity index (χ1v) is 10.2. The van der Waals surface area contributed by atoms with E-state index in [9.17, 15) is 4.79 Å². The van der Waals surface area contributed by atoms with Crippen LogP contribution >= 0.6 is 35.3 Å². The Hall–Kier alpha value is -1.81. The largest absolute Gasteiger partial charge is 0.497 e. The van der Waals surface area contributed by atoms with Crippen molar-refractivity contribution in [3.8, 4) is 16.9 Å². The fourth-order valence-corrected chi connectivity index (χ4v) is 3.36. The Balaban J connectivity index is 0.00000420. The van der Waals surface area contributed by atoms with Crippen LogP contribution in [-0.2, 0) is 11.3 Å². The Morgan fingerprint density at radius 2 is 1.83 bits per heavy atom. The molecule has 1 amide bonds. The number of nitrogens with one attached hydrogen (secondary N) is 3. The Labute approximate surface area is 194 Å². The number of hydrogen-bond acceptors (Lipinski definition) is 4. The number of carbonyl (C=O) groups excluding carboxylic acids is 1. The van der Waals surface area contributed by atoms with Gasteiger partial charge in [0, 0.05) is 17.0 Å². The van der Waals surface area contributed by atoms with Crippen LogP contribution in [0.4, 0.5) is 0 Å². The van der Waals surface area contributed by atoms with Gasteiger partial charge in [-0.1, -0.05) is 12.1 Å². The highest BCUT2D eigenvalue weighted by Gasteiger charge is 2.13. The van der Waals surface area contributed by atoms with E-state index in [4.69, 9.17) is 4.74 Å². The van der Waals surface area contributed by atoms with Gasteiger partial charge in [0.1, 0.15) is 12.3 Å². The summed E-state index contributed by atoms with van der Waals surface area (Å²) >= 11 is 1.69. The number of ether oxygens (including phenoxy) is 1. The lowest BCUT2D eigenvalue weighted by atomic mass is 10.1. The van der Waals surface area contributed by atoms with Gasteiger partial charge in [-0.05, 0) is 62.4 Å². The number of methoxy groups -OCH3 is 1. The molecule has 1 heterocycles. The van der Waals surface area contributed by atoms with Gasteiger partial charge in [-0.2, -0.15) is 0 Å². The Kier molecular flexibility index (Phi) is 10.5. The van der Waals surface area contributed by atoms with Gasteiger partial charge in [0.15, 0.2) is 5.96 Å². The van der Waals surface area contributed by atoms with Crippen molar-refractivity contribution >= 4 is 47.2 Å². The minimum Gasteiger partial charge on any atom is -0.497 e. The number of thiophene rings is 1. The molecule has 0 bridgehead atoms. The molecule has 0 fully saturated rings. The van der Waals surface area contributed by atoms with E-state index in [-0.39, 0.29) is 42.0 Å². The number of guanidine groups is 1. The van der Waals surface area contributed by atoms with Crippen molar-refractivity contribution in [3.63, 3.8) is 0 Å². The number of carbonyl (C=O) groups is 1. The lowest BCUT2D eigenvalue weighted by Gasteiger charge is -2.20. The summed E-state index contributed by atoms with van der Waals surface area (Å²) in [5.41, 5.74) is 2.08. The number of aliphatic imine (C=N–C) groups is 1. The molecule has 8 heteroatoms. The number of nitrogens with zero attached hydrogens (tertiary/aromatic N) is 1. The van der Waals surface area contributed by atoms with E-state index in [1.165, 1.54) is 10.4 Å². The molecule has 0 aliphatic rings. The average molecular weight is 530 g/mol. The molecular formula is C21H31IN4O2S. The van der Waals surface area contributed by atoms with E-state index >= 15 is 0 Å². The zero-order chi connectivity index (χ0) is 20.6. The van der Waals surface area contributed by atoms with Gasteiger partial charge in [0.25, 0.3) is 0 Å². The van der Waals surface area contributed by atoms with Crippen LogP contribution in [0.3, 0.4) is 0 Å². The second-order valence-corrected chi connectivity index (χ2v) is 8.37. The maximum Gasteiger partial charge on any atom is 0.242 e. The van der Waals surface area contributed by atoms with Crippen molar-refractivity contribution in [2.24, 2.45) is 4.99 Å². The monoisotopic (exact) mass is 530 g/mol. The summed E-state index contributed by atoms with van der Waals surface area (Å²) in [6.07, 6.45) is 0. The molecule has 0 spiro atoms. The van der Waals surface area contributed by atoms with E-state index in [1.54, 1.807) is 18.4 Å². The summed E-state index contributed by atoms with van der Waals surface area (Å²) in [6.45, 7) is 9.33. The molecule has 160 valence electrons. The number of rotatable bonds is 7. The van der Waals surface area contributed by atoms with Gasteiger partial charge in [-0.3, -0.25) is 4.79 Å². The molecule has 0 saturated heterocycles. The lowest BCUT2D eigenvalue weighted by molar-refractivity contribution is -0.121. The molecule has 6 nitrogen and oxygen atoms in total. The normalized spacial score (nSPS) is 11.4. The average Bonchev–Trinajstić information content (AvgIpc) is 3.11. The summed E-state index contributed by atoms with van der Waals surface area (Å²) in [4.78, 5) is 17.5. The molecule has 1 aromatic heterocycles. The second-order valence-electron chi connectivity index (χ2n) is 7.38. The third-order valence-electron chi connectivity index (χ3n) is 3.75. The lowest BCUT2D eigenvalue weighted by Crippen LogP contribution is -2.43. The number of hydrogen-bond donors (Lipinski definition) is 3. The van der Waals surface area contributed by atoms with Crippen LogP contribution in [0.2, 0.25) is 0 Å². The molecule has 0 atom stereocenters. The number of amides is 1. The van der Waals surface area contributed by atoms with Crippen LogP contribution in [0.15, 0.2) is 40.7 Å². The van der Waals surface area contributed by atoms with Crippen LogP contribution in [0.5, 0.6) is 5.75 Å². The van der Waals surface area contributed by atoms with Gasteiger partial charge in [0.2, 0.25) is 5.91 Å². The smallest absolute Gasteiger partial charge is 0.242 e. The second kappa shape index (κ2) is 12.0. The molecule has 0 radical (unpaired) electrons. The molecule has 3 N–H and O–H groups in total. The third kappa shape index (κ3) is 9.03. The summed E-state index contributed by atoms with van der Waals surface area (Å²) in [5.74, 6) is 1.39. The van der Waals surface area contributed by atoms with Crippen LogP contribution < -0.4 is 20.7 Å². The van der Waals surface area contributed by atoms with Crippen LogP contribution in [0.1, 0.15) is 32.6 Å². The SMILES string of the molecule is CCNC(=NCC(=O)NC(C)(C)C)NCc1cc(-c2ccc(OC)cc2)cs1.I. The van der Waals surface area contributed by atoms with Gasteiger partial charge < -0.3 is 20.7 Å². The predicted octanol–water partition coefficient (Wildman–Crippen LogP) is 4.01. The molecule has 1 aromatic carbocycles. The minimum atomic E-state index is -0.257. The molecule has 0 saturated carbocycles. The van der Waals surface area contributed by atoms with E-state index in [0.29, 0.717) is 12.5 Å². The number of benzene rings is 1. The first kappa shape index (κ1) is 25.2. The standard InChI is InChI=1S/C21H30N4O2S.HI/c1-6-22-20(24-13-19(26)25-21(2,3)4)23-12-18-11-16(14-28-18)15-7-9-17(27-5)10-8-15;/h7-11,14H,6,12-13H2,1-5H3,(H,25,26)(H2,22,23,24);1H. The van der Waals surface area contributed by atoms with Gasteiger partial charge in [-0.25, -0.2) is 4.99 Å². The van der Waals surface area contributed by atoms with Crippen molar-refractivity contribution in [2.75, 3.05) is 20.2 Å². The van der Waals surface area contributed by atoms with Crippen molar-refractivity contribution < 1.29 is 9.53 Å². The Morgan fingerprint density at radius 3 is 2.41 bits per heavy atom. The van der Waals surface area contributed by atoms with Crippen LogP contribution in [-0.4, -0.2) is 37.6 Å². The zero-order valence-electron chi connectivity index (χ0n) is 17.7. The summed E-state index contributed by atoms with van der Waals surface area (Å²) in [6, 6.07) is 10.2. The Bertz CT molecular complexity index is 798. The first-order valence-electron chi connectivity index (χ1n) is 9.35. The maximum atomic E-state index is 12.0. The molecule has 0 aliphatic heterocycles. The highest BCUT2D eigenvalue weighted by Crippen LogP contribution is 2.27. The van der Waals surface area contributed by atoms with E-state index in [1.807, 2.05) is 39.8 Å². The molecule has 0 unspecified atom stereocenters. The zero-order valence-corrected chi connectivity index (χ0v) is 20.8. The van der Waals surface area contributed by atoms with Crippen LogP contribution in [0.25, 0.3) is 11.1 Å². The third-order valence-corrected chi connectivity index (χ3v) is 4.68. The Morgan fingerprint density at radius 1 is 1.14 bits per heavy atom. The minimum absolute atomic E-state index is 0. The van der Waals surface area contributed by atoms with E-state index in [0.717, 1.165) is 17.9 Å². The quantitative estimate of drug-likeness (QED) is 0.287. The maximum absolute atomic E-state index is 12.0. The van der Waals surface area contributed by atoms with E-state index < -0.39 is 0 Å². The van der Waals surface area contributed by atoms with E-state index in [2.05, 4.69) is 44.5 Å². The summed E-state index contributed by atoms with van der Waals surface area (Å²) in [5, 5.41) is 11.5. The fourth-order valence-electron chi connectivity index (χ4n) is 2.53. The van der Waals surface area contributed by atoms with Crippen molar-refractivity contribution in [3.05, 3.63) is 40.6 Å². The summed E-state index contributed by atoms with van der Waals surface area (Å²) < 4.78 is 5.21. The molecule has 2 aromatic rings. The molecule has 2 rings (SSSR count). The van der Waals surface area contributed by atoms with Gasteiger partial charge in [0.05, 0.1) is 13.7 Å². The topological polar surface area (TPSA) is 74.8 Å². The van der Waals surface area contributed by atoms with Crippen LogP contribution in [0, 0.1) is 0 Å². The number of halogens is 1. The first-order chi connectivity index (χ1) is 13.3. The van der Waals surface area contributed by atoms with Crippen molar-refractivity contribution in [1.82, 2.24) is 16.0 Å². The van der Waals surface area contributed by atoms with Crippen molar-refractivity contribution in [1.29, 1.82) is 0 Å².